The fourth-order valence-electron chi connectivity index (χ4n) is 3.97. The van der Waals surface area contributed by atoms with Crippen molar-refractivity contribution in [2.24, 2.45) is 5.73 Å². The highest BCUT2D eigenvalue weighted by molar-refractivity contribution is 6.32. The standard InChI is InChI=1S/C28H29ClN2O8/c1-16-18(4-3-5-20(16)17-6-7-22-25(11-17)37-9-8-36-22)14-38-24-12-23(39-15-26(30)32)19(10-21(24)29)13-31-28(2,35)27(33)34/h3-7,10-12,31,35H,8-9,13-15H2,1-2H3,(H2,30,32)(H,33,34)/t28-/m0/s1. The largest absolute Gasteiger partial charge is 0.487 e. The first-order chi connectivity index (χ1) is 18.5. The van der Waals surface area contributed by atoms with Gasteiger partial charge in [0.05, 0.1) is 5.02 Å². The Labute approximate surface area is 230 Å². The number of carboxylic acids is 1. The molecule has 39 heavy (non-hydrogen) atoms. The third-order valence-corrected chi connectivity index (χ3v) is 6.50. The normalized spacial score (nSPS) is 13.8. The summed E-state index contributed by atoms with van der Waals surface area (Å²) in [4.78, 5) is 22.5. The summed E-state index contributed by atoms with van der Waals surface area (Å²) >= 11 is 6.47. The second-order valence-corrected chi connectivity index (χ2v) is 9.52. The number of hydrogen-bond acceptors (Lipinski definition) is 8. The third kappa shape index (κ3) is 6.72. The Balaban J connectivity index is 1.55. The number of benzene rings is 3. The molecule has 5 N–H and O–H groups in total. The van der Waals surface area contributed by atoms with Crippen LogP contribution in [0.4, 0.5) is 0 Å². The maximum absolute atomic E-state index is 11.3. The van der Waals surface area contributed by atoms with Crippen LogP contribution in [-0.4, -0.2) is 47.6 Å². The quantitative estimate of drug-likeness (QED) is 0.260. The van der Waals surface area contributed by atoms with Gasteiger partial charge in [-0.25, -0.2) is 4.79 Å². The molecule has 3 aromatic carbocycles. The summed E-state index contributed by atoms with van der Waals surface area (Å²) in [6.45, 7) is 3.77. The summed E-state index contributed by atoms with van der Waals surface area (Å²) in [6, 6.07) is 14.7. The maximum atomic E-state index is 11.3. The minimum atomic E-state index is -2.19. The third-order valence-electron chi connectivity index (χ3n) is 6.21. The van der Waals surface area contributed by atoms with E-state index in [-0.39, 0.29) is 29.7 Å². The van der Waals surface area contributed by atoms with Gasteiger partial charge in [0.15, 0.2) is 18.1 Å². The number of halogens is 1. The Morgan fingerprint density at radius 2 is 1.79 bits per heavy atom. The number of hydrogen-bond donors (Lipinski definition) is 4. The second kappa shape index (κ2) is 11.8. The van der Waals surface area contributed by atoms with Crippen molar-refractivity contribution in [1.29, 1.82) is 0 Å². The zero-order chi connectivity index (χ0) is 28.2. The highest BCUT2D eigenvalue weighted by Gasteiger charge is 2.29. The van der Waals surface area contributed by atoms with Gasteiger partial charge in [-0.1, -0.05) is 35.9 Å². The molecule has 1 heterocycles. The summed E-state index contributed by atoms with van der Waals surface area (Å²) in [5, 5.41) is 21.9. The van der Waals surface area contributed by atoms with Crippen molar-refractivity contribution in [1.82, 2.24) is 5.32 Å². The van der Waals surface area contributed by atoms with Gasteiger partial charge < -0.3 is 34.9 Å². The molecule has 1 amide bonds. The highest BCUT2D eigenvalue weighted by Crippen LogP contribution is 2.37. The van der Waals surface area contributed by atoms with Crippen LogP contribution in [-0.2, 0) is 22.7 Å². The topological polar surface area (TPSA) is 150 Å². The Kier molecular flexibility index (Phi) is 8.49. The van der Waals surface area contributed by atoms with E-state index in [0.29, 0.717) is 24.5 Å². The van der Waals surface area contributed by atoms with Gasteiger partial charge in [-0.05, 0) is 54.3 Å². The van der Waals surface area contributed by atoms with Crippen molar-refractivity contribution >= 4 is 23.5 Å². The van der Waals surface area contributed by atoms with Crippen molar-refractivity contribution in [3.63, 3.8) is 0 Å². The van der Waals surface area contributed by atoms with Gasteiger partial charge in [-0.3, -0.25) is 10.1 Å². The van der Waals surface area contributed by atoms with Gasteiger partial charge in [-0.15, -0.1) is 0 Å². The number of carbonyl (C=O) groups excluding carboxylic acids is 1. The molecule has 0 radical (unpaired) electrons. The fraction of sp³-hybridized carbons (Fsp3) is 0.286. The predicted molar refractivity (Wildman–Crippen MR) is 143 cm³/mol. The van der Waals surface area contributed by atoms with Crippen molar-refractivity contribution < 1.29 is 38.7 Å². The minimum absolute atomic E-state index is 0.121. The number of aliphatic hydroxyl groups is 1. The van der Waals surface area contributed by atoms with Crippen molar-refractivity contribution in [3.8, 4) is 34.1 Å². The Hall–Kier alpha value is -3.99. The summed E-state index contributed by atoms with van der Waals surface area (Å²) in [6.07, 6.45) is 0. The van der Waals surface area contributed by atoms with Crippen LogP contribution in [0.1, 0.15) is 23.6 Å². The van der Waals surface area contributed by atoms with Crippen LogP contribution in [0.25, 0.3) is 11.1 Å². The molecule has 11 heteroatoms. The van der Waals surface area contributed by atoms with Gasteiger partial charge in [0.1, 0.15) is 31.3 Å². The average molecular weight is 557 g/mol. The fourth-order valence-corrected chi connectivity index (χ4v) is 4.21. The molecule has 206 valence electrons. The highest BCUT2D eigenvalue weighted by atomic mass is 35.5. The number of amides is 1. The Morgan fingerprint density at radius 3 is 2.51 bits per heavy atom. The predicted octanol–water partition coefficient (Wildman–Crippen LogP) is 3.41. The molecule has 0 saturated heterocycles. The van der Waals surface area contributed by atoms with E-state index in [0.717, 1.165) is 34.9 Å². The molecule has 0 bridgehead atoms. The number of carboxylic acid groups (broad SMARTS) is 1. The molecule has 0 spiro atoms. The Morgan fingerprint density at radius 1 is 1.05 bits per heavy atom. The van der Waals surface area contributed by atoms with Crippen LogP contribution in [0.3, 0.4) is 0 Å². The maximum Gasteiger partial charge on any atom is 0.350 e. The lowest BCUT2D eigenvalue weighted by atomic mass is 9.96. The molecule has 0 aromatic heterocycles. The van der Waals surface area contributed by atoms with E-state index in [2.05, 4.69) is 5.32 Å². The number of fused-ring (bicyclic) bond motifs is 1. The summed E-state index contributed by atoms with van der Waals surface area (Å²) in [7, 11) is 0. The first kappa shape index (κ1) is 28.0. The van der Waals surface area contributed by atoms with Crippen molar-refractivity contribution in [2.75, 3.05) is 19.8 Å². The zero-order valence-corrected chi connectivity index (χ0v) is 22.2. The van der Waals surface area contributed by atoms with E-state index in [1.807, 2.05) is 43.3 Å². The number of primary amides is 1. The van der Waals surface area contributed by atoms with Gasteiger partial charge in [0.2, 0.25) is 5.72 Å². The number of nitrogens with one attached hydrogen (secondary N) is 1. The molecule has 4 rings (SSSR count). The van der Waals surface area contributed by atoms with Crippen LogP contribution in [0.15, 0.2) is 48.5 Å². The minimum Gasteiger partial charge on any atom is -0.487 e. The van der Waals surface area contributed by atoms with E-state index in [1.165, 1.54) is 12.1 Å². The summed E-state index contributed by atoms with van der Waals surface area (Å²) in [5.74, 6) is -0.249. The molecular formula is C28H29ClN2O8. The molecule has 10 nitrogen and oxygen atoms in total. The number of aliphatic carboxylic acids is 1. The lowest BCUT2D eigenvalue weighted by Gasteiger charge is -2.21. The van der Waals surface area contributed by atoms with E-state index >= 15 is 0 Å². The van der Waals surface area contributed by atoms with E-state index in [9.17, 15) is 14.7 Å². The summed E-state index contributed by atoms with van der Waals surface area (Å²) < 4.78 is 22.9. The van der Waals surface area contributed by atoms with Crippen LogP contribution >= 0.6 is 11.6 Å². The molecule has 1 atom stereocenters. The lowest BCUT2D eigenvalue weighted by molar-refractivity contribution is -0.160. The van der Waals surface area contributed by atoms with Gasteiger partial charge in [0.25, 0.3) is 5.91 Å². The van der Waals surface area contributed by atoms with E-state index in [4.69, 9.17) is 41.4 Å². The number of rotatable bonds is 11. The van der Waals surface area contributed by atoms with Gasteiger partial charge in [-0.2, -0.15) is 0 Å². The van der Waals surface area contributed by atoms with Crippen LogP contribution in [0, 0.1) is 6.92 Å². The number of nitrogens with two attached hydrogens (primary N) is 1. The number of carbonyl (C=O) groups is 2. The molecule has 0 fully saturated rings. The smallest absolute Gasteiger partial charge is 0.350 e. The lowest BCUT2D eigenvalue weighted by Crippen LogP contribution is -2.48. The molecular weight excluding hydrogens is 528 g/mol. The second-order valence-electron chi connectivity index (χ2n) is 9.11. The van der Waals surface area contributed by atoms with Crippen LogP contribution < -0.4 is 30.0 Å². The monoisotopic (exact) mass is 556 g/mol. The van der Waals surface area contributed by atoms with Gasteiger partial charge >= 0.3 is 5.97 Å². The van der Waals surface area contributed by atoms with E-state index < -0.39 is 24.2 Å². The molecule has 1 aliphatic rings. The first-order valence-corrected chi connectivity index (χ1v) is 12.5. The molecule has 3 aromatic rings. The zero-order valence-electron chi connectivity index (χ0n) is 21.5. The SMILES string of the molecule is Cc1c(COc2cc(OCC(N)=O)c(CN[C@@](C)(O)C(=O)O)cc2Cl)cccc1-c1ccc2c(c1)OCCO2. The van der Waals surface area contributed by atoms with Crippen LogP contribution in [0.2, 0.25) is 5.02 Å². The molecule has 0 unspecified atom stereocenters. The Bertz CT molecular complexity index is 1390. The van der Waals surface area contributed by atoms with Gasteiger partial charge in [0, 0.05) is 18.2 Å². The first-order valence-electron chi connectivity index (χ1n) is 12.1. The van der Waals surface area contributed by atoms with E-state index in [1.54, 1.807) is 0 Å². The van der Waals surface area contributed by atoms with Crippen molar-refractivity contribution in [2.45, 2.75) is 32.7 Å². The molecule has 0 saturated carbocycles. The van der Waals surface area contributed by atoms with Crippen molar-refractivity contribution in [3.05, 3.63) is 70.2 Å². The van der Waals surface area contributed by atoms with Crippen LogP contribution in [0.5, 0.6) is 23.0 Å². The summed E-state index contributed by atoms with van der Waals surface area (Å²) in [5.41, 5.74) is 7.34. The average Bonchev–Trinajstić information content (AvgIpc) is 2.90. The number of ether oxygens (including phenoxy) is 4. The molecule has 1 aliphatic heterocycles. The molecule has 0 aliphatic carbocycles.